The third kappa shape index (κ3) is 4.61. The van der Waals surface area contributed by atoms with Gasteiger partial charge in [-0.3, -0.25) is 4.79 Å². The molecule has 0 saturated heterocycles. The molecule has 0 atom stereocenters. The number of hydrogen-bond donors (Lipinski definition) is 2. The summed E-state index contributed by atoms with van der Waals surface area (Å²) in [7, 11) is 0. The van der Waals surface area contributed by atoms with Gasteiger partial charge in [0.05, 0.1) is 10.7 Å². The predicted molar refractivity (Wildman–Crippen MR) is 94.7 cm³/mol. The van der Waals surface area contributed by atoms with Crippen molar-refractivity contribution in [2.75, 3.05) is 10.6 Å². The summed E-state index contributed by atoms with van der Waals surface area (Å²) in [6, 6.07) is 7.32. The number of amides is 1. The molecule has 112 valence electrons. The highest BCUT2D eigenvalue weighted by Crippen LogP contribution is 2.33. The molecule has 0 fully saturated rings. The molecule has 0 aliphatic rings. The molecule has 0 saturated carbocycles. The maximum atomic E-state index is 11.4. The van der Waals surface area contributed by atoms with E-state index < -0.39 is 0 Å². The van der Waals surface area contributed by atoms with Gasteiger partial charge in [-0.15, -0.1) is 11.3 Å². The zero-order valence-electron chi connectivity index (χ0n) is 11.2. The molecule has 21 heavy (non-hydrogen) atoms. The summed E-state index contributed by atoms with van der Waals surface area (Å²) in [6.45, 7) is 2.42. The zero-order valence-corrected chi connectivity index (χ0v) is 15.1. The van der Waals surface area contributed by atoms with Crippen molar-refractivity contribution in [2.24, 2.45) is 0 Å². The number of carbonyl (C=O) groups is 1. The first kappa shape index (κ1) is 16.6. The van der Waals surface area contributed by atoms with Gasteiger partial charge in [-0.2, -0.15) is 0 Å². The van der Waals surface area contributed by atoms with E-state index in [4.69, 9.17) is 23.2 Å². The van der Waals surface area contributed by atoms with E-state index in [1.165, 1.54) is 11.3 Å². The van der Waals surface area contributed by atoms with E-state index in [1.54, 1.807) is 12.1 Å². The third-order valence-electron chi connectivity index (χ3n) is 2.72. The third-order valence-corrected chi connectivity index (χ3v) is 5.52. The van der Waals surface area contributed by atoms with Gasteiger partial charge in [0, 0.05) is 28.0 Å². The monoisotopic (exact) mass is 406 g/mol. The number of thiophene rings is 1. The van der Waals surface area contributed by atoms with Gasteiger partial charge in [0.15, 0.2) is 0 Å². The van der Waals surface area contributed by atoms with E-state index in [0.717, 1.165) is 25.1 Å². The highest BCUT2D eigenvalue weighted by molar-refractivity contribution is 9.10. The minimum Gasteiger partial charge on any atom is -0.379 e. The molecule has 0 aliphatic heterocycles. The Morgan fingerprint density at radius 1 is 1.33 bits per heavy atom. The van der Waals surface area contributed by atoms with Crippen molar-refractivity contribution < 1.29 is 4.79 Å². The lowest BCUT2D eigenvalue weighted by molar-refractivity contribution is -0.115. The normalized spacial score (nSPS) is 10.5. The second kappa shape index (κ2) is 7.49. The molecule has 2 N–H and O–H groups in total. The van der Waals surface area contributed by atoms with E-state index in [9.17, 15) is 4.79 Å². The Bertz CT molecular complexity index is 641. The fourth-order valence-corrected chi connectivity index (χ4v) is 3.56. The number of nitrogens with one attached hydrogen (secondary N) is 2. The van der Waals surface area contributed by atoms with E-state index in [0.29, 0.717) is 18.0 Å². The Balaban J connectivity index is 2.08. The number of hydrogen-bond acceptors (Lipinski definition) is 3. The number of carbonyl (C=O) groups excluding carboxylic acids is 1. The van der Waals surface area contributed by atoms with Gasteiger partial charge < -0.3 is 10.6 Å². The number of halogens is 3. The molecule has 1 aromatic heterocycles. The maximum absolute atomic E-state index is 11.4. The van der Waals surface area contributed by atoms with Crippen LogP contribution < -0.4 is 10.6 Å². The summed E-state index contributed by atoms with van der Waals surface area (Å²) in [6.07, 6.45) is 0.438. The summed E-state index contributed by atoms with van der Waals surface area (Å²) in [4.78, 5) is 12.5. The van der Waals surface area contributed by atoms with Crippen LogP contribution in [0.2, 0.25) is 9.36 Å². The van der Waals surface area contributed by atoms with E-state index in [1.807, 2.05) is 19.1 Å². The van der Waals surface area contributed by atoms with Crippen LogP contribution in [-0.4, -0.2) is 5.91 Å². The zero-order chi connectivity index (χ0) is 15.4. The molecule has 2 aromatic rings. The fraction of sp³-hybridized carbons (Fsp3) is 0.214. The van der Waals surface area contributed by atoms with Crippen LogP contribution in [0.1, 0.15) is 18.2 Å². The van der Waals surface area contributed by atoms with Crippen LogP contribution in [0, 0.1) is 0 Å². The molecule has 0 aliphatic carbocycles. The Morgan fingerprint density at radius 2 is 2.10 bits per heavy atom. The molecule has 1 heterocycles. The van der Waals surface area contributed by atoms with E-state index in [2.05, 4.69) is 26.6 Å². The van der Waals surface area contributed by atoms with Gasteiger partial charge in [-0.05, 0) is 40.2 Å². The van der Waals surface area contributed by atoms with Crippen LogP contribution >= 0.6 is 50.5 Å². The molecular weight excluding hydrogens is 395 g/mol. The van der Waals surface area contributed by atoms with Crippen molar-refractivity contribution in [3.8, 4) is 0 Å². The topological polar surface area (TPSA) is 41.1 Å². The van der Waals surface area contributed by atoms with Gasteiger partial charge >= 0.3 is 0 Å². The molecule has 0 spiro atoms. The highest BCUT2D eigenvalue weighted by Gasteiger charge is 2.07. The summed E-state index contributed by atoms with van der Waals surface area (Å²) in [5.74, 6) is -0.0303. The van der Waals surface area contributed by atoms with Crippen molar-refractivity contribution >= 4 is 67.8 Å². The number of anilines is 2. The molecule has 0 bridgehead atoms. The van der Waals surface area contributed by atoms with E-state index >= 15 is 0 Å². The van der Waals surface area contributed by atoms with Crippen molar-refractivity contribution in [1.29, 1.82) is 0 Å². The van der Waals surface area contributed by atoms with Crippen LogP contribution in [0.5, 0.6) is 0 Å². The van der Waals surface area contributed by atoms with Crippen molar-refractivity contribution in [3.05, 3.63) is 43.0 Å². The van der Waals surface area contributed by atoms with Gasteiger partial charge in [-0.1, -0.05) is 30.1 Å². The summed E-state index contributed by atoms with van der Waals surface area (Å²) < 4.78 is 1.61. The second-order valence-electron chi connectivity index (χ2n) is 4.28. The molecule has 7 heteroatoms. The van der Waals surface area contributed by atoms with Crippen molar-refractivity contribution in [2.45, 2.75) is 19.9 Å². The molecular formula is C14H13BrCl2N2OS. The predicted octanol–water partition coefficient (Wildman–Crippen LogP) is 5.78. The standard InChI is InChI=1S/C14H13BrCl2N2OS/c1-2-13(20)19-8-3-4-11(16)12(5-8)18-7-9-6-10(15)14(17)21-9/h3-6,18H,2,7H2,1H3,(H,19,20). The highest BCUT2D eigenvalue weighted by atomic mass is 79.9. The maximum Gasteiger partial charge on any atom is 0.224 e. The van der Waals surface area contributed by atoms with Crippen LogP contribution in [0.15, 0.2) is 28.7 Å². The van der Waals surface area contributed by atoms with Crippen LogP contribution in [0.4, 0.5) is 11.4 Å². The first-order chi connectivity index (χ1) is 9.99. The molecule has 0 radical (unpaired) electrons. The molecule has 0 unspecified atom stereocenters. The minimum atomic E-state index is -0.0303. The Morgan fingerprint density at radius 3 is 2.71 bits per heavy atom. The Labute approximate surface area is 145 Å². The Kier molecular flexibility index (Phi) is 5.93. The van der Waals surface area contributed by atoms with Crippen LogP contribution in [-0.2, 0) is 11.3 Å². The lowest BCUT2D eigenvalue weighted by Gasteiger charge is -2.10. The van der Waals surface area contributed by atoms with Crippen LogP contribution in [0.3, 0.4) is 0 Å². The van der Waals surface area contributed by atoms with Gasteiger partial charge in [-0.25, -0.2) is 0 Å². The fourth-order valence-electron chi connectivity index (χ4n) is 1.65. The largest absolute Gasteiger partial charge is 0.379 e. The lowest BCUT2D eigenvalue weighted by Crippen LogP contribution is -2.09. The quantitative estimate of drug-likeness (QED) is 0.659. The number of benzene rings is 1. The smallest absolute Gasteiger partial charge is 0.224 e. The summed E-state index contributed by atoms with van der Waals surface area (Å²) in [5.41, 5.74) is 1.49. The molecule has 1 amide bonds. The summed E-state index contributed by atoms with van der Waals surface area (Å²) >= 11 is 17.1. The first-order valence-electron chi connectivity index (χ1n) is 6.26. The van der Waals surface area contributed by atoms with Crippen molar-refractivity contribution in [1.82, 2.24) is 0 Å². The number of rotatable bonds is 5. The SMILES string of the molecule is CCC(=O)Nc1ccc(Cl)c(NCc2cc(Br)c(Cl)s2)c1. The second-order valence-corrected chi connectivity index (χ2v) is 7.28. The van der Waals surface area contributed by atoms with Crippen LogP contribution in [0.25, 0.3) is 0 Å². The molecule has 2 rings (SSSR count). The molecule has 1 aromatic carbocycles. The Hall–Kier alpha value is -0.750. The first-order valence-corrected chi connectivity index (χ1v) is 8.63. The van der Waals surface area contributed by atoms with Gasteiger partial charge in [0.1, 0.15) is 4.34 Å². The molecule has 3 nitrogen and oxygen atoms in total. The van der Waals surface area contributed by atoms with E-state index in [-0.39, 0.29) is 5.91 Å². The average Bonchev–Trinajstić information content (AvgIpc) is 2.78. The minimum absolute atomic E-state index is 0.0303. The van der Waals surface area contributed by atoms with Gasteiger partial charge in [0.25, 0.3) is 0 Å². The van der Waals surface area contributed by atoms with Gasteiger partial charge in [0.2, 0.25) is 5.91 Å². The lowest BCUT2D eigenvalue weighted by atomic mass is 10.2. The summed E-state index contributed by atoms with van der Waals surface area (Å²) in [5, 5.41) is 6.66. The average molecular weight is 408 g/mol. The van der Waals surface area contributed by atoms with Crippen molar-refractivity contribution in [3.63, 3.8) is 0 Å².